The highest BCUT2D eigenvalue weighted by Gasteiger charge is 2.28. The summed E-state index contributed by atoms with van der Waals surface area (Å²) in [5, 5.41) is 9.45. The lowest BCUT2D eigenvalue weighted by atomic mass is 10.0. The summed E-state index contributed by atoms with van der Waals surface area (Å²) in [5.41, 5.74) is 1.01. The second-order valence-electron chi connectivity index (χ2n) is 5.77. The highest BCUT2D eigenvalue weighted by Crippen LogP contribution is 2.18. The Morgan fingerprint density at radius 2 is 1.90 bits per heavy atom. The van der Waals surface area contributed by atoms with Crippen molar-refractivity contribution in [3.05, 3.63) is 35.9 Å². The summed E-state index contributed by atoms with van der Waals surface area (Å²) in [4.78, 5) is 0. The summed E-state index contributed by atoms with van der Waals surface area (Å²) in [5.74, 6) is 0.578. The van der Waals surface area contributed by atoms with E-state index in [0.29, 0.717) is 25.4 Å². The summed E-state index contributed by atoms with van der Waals surface area (Å²) < 4.78 is 28.8. The minimum atomic E-state index is -3.51. The molecule has 0 unspecified atom stereocenters. The van der Waals surface area contributed by atoms with Gasteiger partial charge in [0.15, 0.2) is 0 Å². The van der Waals surface area contributed by atoms with Gasteiger partial charge >= 0.3 is 0 Å². The van der Waals surface area contributed by atoms with Gasteiger partial charge in [-0.15, -0.1) is 0 Å². The molecule has 21 heavy (non-hydrogen) atoms. The third-order valence-corrected chi connectivity index (χ3v) is 5.62. The highest BCUT2D eigenvalue weighted by atomic mass is 32.2. The Balaban J connectivity index is 1.97. The molecule has 1 aromatic rings. The van der Waals surface area contributed by atoms with Crippen LogP contribution in [0.5, 0.6) is 0 Å². The molecule has 6 heteroatoms. The smallest absolute Gasteiger partial charge is 0.279 e. The van der Waals surface area contributed by atoms with E-state index in [1.165, 1.54) is 4.31 Å². The Morgan fingerprint density at radius 3 is 2.48 bits per heavy atom. The molecule has 0 spiro atoms. The average molecular weight is 312 g/mol. The molecule has 1 saturated heterocycles. The zero-order valence-electron chi connectivity index (χ0n) is 12.4. The molecule has 0 aromatic heterocycles. The van der Waals surface area contributed by atoms with Gasteiger partial charge in [0.1, 0.15) is 0 Å². The van der Waals surface area contributed by atoms with E-state index in [4.69, 9.17) is 0 Å². The standard InChI is InChI=1S/C15H24N2O3S/c1-13-7-9-17(10-8-13)21(19,20)16-15(12-18)11-14-5-3-2-4-6-14/h2-6,13,15-16,18H,7-12H2,1H3/t15-/m0/s1. The number of nitrogens with zero attached hydrogens (tertiary/aromatic N) is 1. The summed E-state index contributed by atoms with van der Waals surface area (Å²) >= 11 is 0. The van der Waals surface area contributed by atoms with Crippen LogP contribution in [0.4, 0.5) is 0 Å². The minimum Gasteiger partial charge on any atom is -0.395 e. The second kappa shape index (κ2) is 7.35. The Hall–Kier alpha value is -0.950. The highest BCUT2D eigenvalue weighted by molar-refractivity contribution is 7.87. The molecular weight excluding hydrogens is 288 g/mol. The van der Waals surface area contributed by atoms with Gasteiger partial charge in [0.05, 0.1) is 12.6 Å². The van der Waals surface area contributed by atoms with Gasteiger partial charge in [-0.1, -0.05) is 37.3 Å². The summed E-state index contributed by atoms with van der Waals surface area (Å²) in [7, 11) is -3.51. The number of nitrogens with one attached hydrogen (secondary N) is 1. The van der Waals surface area contributed by atoms with Crippen molar-refractivity contribution >= 4 is 10.2 Å². The van der Waals surface area contributed by atoms with E-state index in [2.05, 4.69) is 11.6 Å². The molecule has 0 amide bonds. The lowest BCUT2D eigenvalue weighted by Gasteiger charge is -2.30. The molecule has 0 bridgehead atoms. The van der Waals surface area contributed by atoms with Crippen LogP contribution in [0, 0.1) is 5.92 Å². The van der Waals surface area contributed by atoms with E-state index in [1.807, 2.05) is 30.3 Å². The van der Waals surface area contributed by atoms with Crippen LogP contribution in [-0.4, -0.2) is 43.6 Å². The molecule has 0 saturated carbocycles. The zero-order valence-corrected chi connectivity index (χ0v) is 13.2. The SMILES string of the molecule is CC1CCN(S(=O)(=O)N[C@H](CO)Cc2ccccc2)CC1. The maximum absolute atomic E-state index is 12.4. The number of hydrogen-bond acceptors (Lipinski definition) is 3. The number of hydrogen-bond donors (Lipinski definition) is 2. The zero-order chi connectivity index (χ0) is 15.3. The largest absolute Gasteiger partial charge is 0.395 e. The van der Waals surface area contributed by atoms with E-state index in [0.717, 1.165) is 18.4 Å². The number of rotatable bonds is 6. The van der Waals surface area contributed by atoms with Crippen LogP contribution in [0.2, 0.25) is 0 Å². The van der Waals surface area contributed by atoms with Gasteiger partial charge in [0.2, 0.25) is 0 Å². The van der Waals surface area contributed by atoms with E-state index >= 15 is 0 Å². The first kappa shape index (κ1) is 16.4. The topological polar surface area (TPSA) is 69.6 Å². The Morgan fingerprint density at radius 1 is 1.29 bits per heavy atom. The van der Waals surface area contributed by atoms with Crippen molar-refractivity contribution in [2.45, 2.75) is 32.2 Å². The second-order valence-corrected chi connectivity index (χ2v) is 7.48. The number of benzene rings is 1. The fourth-order valence-corrected chi connectivity index (χ4v) is 3.97. The molecule has 2 N–H and O–H groups in total. The van der Waals surface area contributed by atoms with Crippen LogP contribution in [0.3, 0.4) is 0 Å². The van der Waals surface area contributed by atoms with Gasteiger partial charge in [-0.05, 0) is 30.7 Å². The van der Waals surface area contributed by atoms with Crippen molar-refractivity contribution in [1.82, 2.24) is 9.03 Å². The fraction of sp³-hybridized carbons (Fsp3) is 0.600. The molecule has 5 nitrogen and oxygen atoms in total. The maximum Gasteiger partial charge on any atom is 0.279 e. The first-order valence-electron chi connectivity index (χ1n) is 7.43. The van der Waals surface area contributed by atoms with E-state index in [9.17, 15) is 13.5 Å². The molecule has 0 aliphatic carbocycles. The van der Waals surface area contributed by atoms with Crippen LogP contribution in [-0.2, 0) is 16.6 Å². The molecule has 1 fully saturated rings. The monoisotopic (exact) mass is 312 g/mol. The first-order valence-corrected chi connectivity index (χ1v) is 8.87. The molecule has 1 heterocycles. The minimum absolute atomic E-state index is 0.210. The van der Waals surface area contributed by atoms with E-state index < -0.39 is 16.3 Å². The van der Waals surface area contributed by atoms with Crippen molar-refractivity contribution in [2.24, 2.45) is 5.92 Å². The molecule has 1 aliphatic heterocycles. The van der Waals surface area contributed by atoms with Crippen molar-refractivity contribution in [3.8, 4) is 0 Å². The van der Waals surface area contributed by atoms with Gasteiger partial charge in [0.25, 0.3) is 10.2 Å². The van der Waals surface area contributed by atoms with E-state index in [-0.39, 0.29) is 6.61 Å². The third kappa shape index (κ3) is 4.78. The van der Waals surface area contributed by atoms with Crippen LogP contribution in [0.15, 0.2) is 30.3 Å². The van der Waals surface area contributed by atoms with Crippen molar-refractivity contribution in [3.63, 3.8) is 0 Å². The van der Waals surface area contributed by atoms with Gasteiger partial charge in [-0.3, -0.25) is 0 Å². The van der Waals surface area contributed by atoms with Gasteiger partial charge in [-0.25, -0.2) is 0 Å². The lowest BCUT2D eigenvalue weighted by molar-refractivity contribution is 0.247. The quantitative estimate of drug-likeness (QED) is 0.828. The number of aliphatic hydroxyl groups is 1. The molecule has 1 aromatic carbocycles. The van der Waals surface area contributed by atoms with Crippen LogP contribution >= 0.6 is 0 Å². The van der Waals surface area contributed by atoms with Crippen molar-refractivity contribution < 1.29 is 13.5 Å². The third-order valence-electron chi connectivity index (χ3n) is 3.94. The average Bonchev–Trinajstić information content (AvgIpc) is 2.48. The van der Waals surface area contributed by atoms with Crippen LogP contribution in [0.1, 0.15) is 25.3 Å². The number of aliphatic hydroxyl groups excluding tert-OH is 1. The van der Waals surface area contributed by atoms with Gasteiger partial charge in [-0.2, -0.15) is 17.4 Å². The Bertz CT molecular complexity index is 525. The summed E-state index contributed by atoms with van der Waals surface area (Å²) in [6, 6.07) is 9.10. The number of piperidine rings is 1. The van der Waals surface area contributed by atoms with Crippen molar-refractivity contribution in [1.29, 1.82) is 0 Å². The van der Waals surface area contributed by atoms with Crippen molar-refractivity contribution in [2.75, 3.05) is 19.7 Å². The Labute approximate surface area is 127 Å². The van der Waals surface area contributed by atoms with E-state index in [1.54, 1.807) is 0 Å². The lowest BCUT2D eigenvalue weighted by Crippen LogP contribution is -2.49. The van der Waals surface area contributed by atoms with Gasteiger partial charge < -0.3 is 5.11 Å². The fourth-order valence-electron chi connectivity index (χ4n) is 2.55. The molecule has 1 atom stereocenters. The summed E-state index contributed by atoms with van der Waals surface area (Å²) in [6.07, 6.45) is 2.27. The van der Waals surface area contributed by atoms with Crippen LogP contribution < -0.4 is 4.72 Å². The predicted molar refractivity (Wildman–Crippen MR) is 83.0 cm³/mol. The summed E-state index contributed by atoms with van der Waals surface area (Å²) in [6.45, 7) is 3.04. The first-order chi connectivity index (χ1) is 10.0. The predicted octanol–water partition coefficient (Wildman–Crippen LogP) is 1.16. The van der Waals surface area contributed by atoms with Gasteiger partial charge in [0, 0.05) is 13.1 Å². The molecular formula is C15H24N2O3S. The molecule has 2 rings (SSSR count). The molecule has 118 valence electrons. The maximum atomic E-state index is 12.4. The molecule has 1 aliphatic rings. The normalized spacial score (nSPS) is 19.5. The van der Waals surface area contributed by atoms with Crippen LogP contribution in [0.25, 0.3) is 0 Å². The Kier molecular flexibility index (Phi) is 5.75. The molecule has 0 radical (unpaired) electrons.